The van der Waals surface area contributed by atoms with E-state index in [1.54, 1.807) is 0 Å². The zero-order chi connectivity index (χ0) is 12.6. The maximum absolute atomic E-state index is 9.26. The summed E-state index contributed by atoms with van der Waals surface area (Å²) in [6.07, 6.45) is 2.38. The van der Waals surface area contributed by atoms with Gasteiger partial charge in [0, 0.05) is 22.2 Å². The molecule has 1 N–H and O–H groups in total. The van der Waals surface area contributed by atoms with E-state index in [9.17, 15) is 5.21 Å². The highest BCUT2D eigenvalue weighted by Crippen LogP contribution is 2.29. The summed E-state index contributed by atoms with van der Waals surface area (Å²) in [5, 5.41) is 12.7. The number of rotatable bonds is 2. The summed E-state index contributed by atoms with van der Waals surface area (Å²) in [6, 6.07) is 4.66. The van der Waals surface area contributed by atoms with Crippen LogP contribution in [-0.4, -0.2) is 29.0 Å². The molecule has 1 aromatic carbocycles. The fourth-order valence-corrected chi connectivity index (χ4v) is 2.48. The molecule has 4 heteroatoms. The molecule has 0 aromatic heterocycles. The molecule has 0 amide bonds. The van der Waals surface area contributed by atoms with Gasteiger partial charge in [0.15, 0.2) is 5.84 Å². The van der Waals surface area contributed by atoms with Crippen LogP contribution in [0.3, 0.4) is 0 Å². The van der Waals surface area contributed by atoms with Gasteiger partial charge in [-0.1, -0.05) is 17.3 Å². The molecular formula is C13H17IN2O. The molecule has 1 aliphatic carbocycles. The van der Waals surface area contributed by atoms with Gasteiger partial charge in [-0.2, -0.15) is 0 Å². The third-order valence-corrected chi connectivity index (χ3v) is 5.00. The first-order valence-electron chi connectivity index (χ1n) is 5.77. The predicted molar refractivity (Wildman–Crippen MR) is 77.7 cm³/mol. The summed E-state index contributed by atoms with van der Waals surface area (Å²) in [5.41, 5.74) is 3.47. The van der Waals surface area contributed by atoms with Gasteiger partial charge in [0.05, 0.1) is 0 Å². The lowest BCUT2D eigenvalue weighted by Gasteiger charge is -2.21. The first kappa shape index (κ1) is 12.7. The molecule has 17 heavy (non-hydrogen) atoms. The molecule has 1 aliphatic rings. The minimum Gasteiger partial charge on any atom is -0.409 e. The quantitative estimate of drug-likeness (QED) is 0.294. The number of benzene rings is 1. The van der Waals surface area contributed by atoms with Crippen molar-refractivity contribution < 1.29 is 5.21 Å². The Hall–Kier alpha value is -0.780. The molecule has 1 aromatic rings. The Balaban J connectivity index is 2.41. The second-order valence-electron chi connectivity index (χ2n) is 4.63. The minimum absolute atomic E-state index is 0.541. The number of amidine groups is 1. The summed E-state index contributed by atoms with van der Waals surface area (Å²) in [7, 11) is 2.00. The molecule has 3 nitrogen and oxygen atoms in total. The van der Waals surface area contributed by atoms with Gasteiger partial charge in [0.2, 0.25) is 0 Å². The van der Waals surface area contributed by atoms with E-state index in [0.717, 1.165) is 5.56 Å². The molecule has 1 saturated carbocycles. The highest BCUT2D eigenvalue weighted by Gasteiger charge is 2.30. The van der Waals surface area contributed by atoms with Gasteiger partial charge < -0.3 is 10.1 Å². The topological polar surface area (TPSA) is 35.8 Å². The number of hydrogen-bond acceptors (Lipinski definition) is 2. The van der Waals surface area contributed by atoms with Crippen LogP contribution in [0.15, 0.2) is 17.3 Å². The monoisotopic (exact) mass is 344 g/mol. The van der Waals surface area contributed by atoms with Crippen molar-refractivity contribution in [1.29, 1.82) is 0 Å². The molecule has 0 aliphatic heterocycles. The largest absolute Gasteiger partial charge is 0.409 e. The van der Waals surface area contributed by atoms with E-state index < -0.39 is 0 Å². The van der Waals surface area contributed by atoms with Crippen LogP contribution in [-0.2, 0) is 0 Å². The third kappa shape index (κ3) is 2.41. The lowest BCUT2D eigenvalue weighted by molar-refractivity contribution is 0.305. The number of aryl methyl sites for hydroxylation is 1. The van der Waals surface area contributed by atoms with Crippen LogP contribution in [0.2, 0.25) is 0 Å². The SMILES string of the molecule is Cc1ccc(/C(=N\O)N(C)C2CC2)c(C)c1I. The Morgan fingerprint density at radius 2 is 2.06 bits per heavy atom. The molecule has 92 valence electrons. The highest BCUT2D eigenvalue weighted by molar-refractivity contribution is 14.1. The van der Waals surface area contributed by atoms with Gasteiger partial charge in [-0.05, 0) is 60.4 Å². The summed E-state index contributed by atoms with van der Waals surface area (Å²) in [6.45, 7) is 4.18. The van der Waals surface area contributed by atoms with Gasteiger partial charge >= 0.3 is 0 Å². The molecule has 0 unspecified atom stereocenters. The molecule has 1 fully saturated rings. The molecule has 0 atom stereocenters. The van der Waals surface area contributed by atoms with Crippen LogP contribution < -0.4 is 0 Å². The molecule has 2 rings (SSSR count). The van der Waals surface area contributed by atoms with E-state index in [4.69, 9.17) is 0 Å². The molecular weight excluding hydrogens is 327 g/mol. The molecule has 0 saturated heterocycles. The van der Waals surface area contributed by atoms with E-state index in [0.29, 0.717) is 11.9 Å². The van der Waals surface area contributed by atoms with Gasteiger partial charge in [0.25, 0.3) is 0 Å². The van der Waals surface area contributed by atoms with Gasteiger partial charge in [-0.15, -0.1) is 0 Å². The summed E-state index contributed by atoms with van der Waals surface area (Å²) < 4.78 is 1.24. The van der Waals surface area contributed by atoms with Crippen LogP contribution in [0, 0.1) is 17.4 Å². The molecule has 0 spiro atoms. The Morgan fingerprint density at radius 3 is 2.59 bits per heavy atom. The smallest absolute Gasteiger partial charge is 0.175 e. The Morgan fingerprint density at radius 1 is 1.41 bits per heavy atom. The first-order chi connectivity index (χ1) is 8.06. The van der Waals surface area contributed by atoms with Crippen molar-refractivity contribution in [3.63, 3.8) is 0 Å². The predicted octanol–water partition coefficient (Wildman–Crippen LogP) is 3.14. The molecule has 0 heterocycles. The van der Waals surface area contributed by atoms with E-state index in [-0.39, 0.29) is 0 Å². The fraction of sp³-hybridized carbons (Fsp3) is 0.462. The summed E-state index contributed by atoms with van der Waals surface area (Å²) in [5.74, 6) is 0.683. The van der Waals surface area contributed by atoms with Crippen molar-refractivity contribution in [3.8, 4) is 0 Å². The van der Waals surface area contributed by atoms with E-state index in [2.05, 4.69) is 52.6 Å². The van der Waals surface area contributed by atoms with Crippen molar-refractivity contribution in [2.24, 2.45) is 5.16 Å². The Kier molecular flexibility index (Phi) is 3.61. The lowest BCUT2D eigenvalue weighted by atomic mass is 10.0. The standard InChI is InChI=1S/C13H17IN2O/c1-8-4-7-11(9(2)12(8)14)13(15-17)16(3)10-5-6-10/h4,7,10,17H,5-6H2,1-3H3/b15-13+. The minimum atomic E-state index is 0.541. The highest BCUT2D eigenvalue weighted by atomic mass is 127. The number of halogens is 1. The fourth-order valence-electron chi connectivity index (χ4n) is 2.01. The van der Waals surface area contributed by atoms with Crippen molar-refractivity contribution in [2.75, 3.05) is 7.05 Å². The van der Waals surface area contributed by atoms with E-state index >= 15 is 0 Å². The average molecular weight is 344 g/mol. The van der Waals surface area contributed by atoms with E-state index in [1.165, 1.54) is 27.5 Å². The van der Waals surface area contributed by atoms with Gasteiger partial charge in [-0.25, -0.2) is 0 Å². The molecule has 0 radical (unpaired) electrons. The maximum atomic E-state index is 9.26. The molecule has 0 bridgehead atoms. The number of oxime groups is 1. The second kappa shape index (κ2) is 4.84. The first-order valence-corrected chi connectivity index (χ1v) is 6.85. The van der Waals surface area contributed by atoms with Crippen molar-refractivity contribution in [2.45, 2.75) is 32.7 Å². The zero-order valence-corrected chi connectivity index (χ0v) is 12.5. The second-order valence-corrected chi connectivity index (χ2v) is 5.71. The number of nitrogens with zero attached hydrogens (tertiary/aromatic N) is 2. The van der Waals surface area contributed by atoms with Crippen molar-refractivity contribution in [3.05, 3.63) is 32.4 Å². The Labute approximate surface area is 116 Å². The number of hydrogen-bond donors (Lipinski definition) is 1. The normalized spacial score (nSPS) is 16.1. The third-order valence-electron chi connectivity index (χ3n) is 3.34. The summed E-state index contributed by atoms with van der Waals surface area (Å²) >= 11 is 2.35. The van der Waals surface area contributed by atoms with E-state index in [1.807, 2.05) is 13.1 Å². The van der Waals surface area contributed by atoms with Crippen LogP contribution >= 0.6 is 22.6 Å². The maximum Gasteiger partial charge on any atom is 0.175 e. The zero-order valence-electron chi connectivity index (χ0n) is 10.4. The van der Waals surface area contributed by atoms with Gasteiger partial charge in [0.1, 0.15) is 0 Å². The van der Waals surface area contributed by atoms with Crippen LogP contribution in [0.25, 0.3) is 0 Å². The van der Waals surface area contributed by atoms with Crippen LogP contribution in [0.4, 0.5) is 0 Å². The van der Waals surface area contributed by atoms with Gasteiger partial charge in [-0.3, -0.25) is 0 Å². The summed E-state index contributed by atoms with van der Waals surface area (Å²) in [4.78, 5) is 2.08. The van der Waals surface area contributed by atoms with Crippen molar-refractivity contribution in [1.82, 2.24) is 4.90 Å². The van der Waals surface area contributed by atoms with Crippen molar-refractivity contribution >= 4 is 28.4 Å². The van der Waals surface area contributed by atoms with Crippen LogP contribution in [0.1, 0.15) is 29.5 Å². The Bertz CT molecular complexity index is 467. The van der Waals surface area contributed by atoms with Crippen LogP contribution in [0.5, 0.6) is 0 Å². The average Bonchev–Trinajstić information content (AvgIpc) is 3.13. The lowest BCUT2D eigenvalue weighted by Crippen LogP contribution is -2.30.